The second-order valence-corrected chi connectivity index (χ2v) is 9.04. The average molecular weight is 529 g/mol. The van der Waals surface area contributed by atoms with Gasteiger partial charge in [0.15, 0.2) is 5.76 Å². The maximum atomic E-state index is 13.6. The van der Waals surface area contributed by atoms with Crippen LogP contribution in [0.15, 0.2) is 119 Å². The van der Waals surface area contributed by atoms with Gasteiger partial charge in [0.1, 0.15) is 34.2 Å². The summed E-state index contributed by atoms with van der Waals surface area (Å²) < 4.78 is 23.4. The van der Waals surface area contributed by atoms with Crippen LogP contribution in [0.5, 0.6) is 17.2 Å². The Morgan fingerprint density at radius 1 is 0.875 bits per heavy atom. The SMILES string of the molecule is CCOc1ccc2oc(-c3ccccc3)c(C(=O)Oc3ccc4c(c3)OC(=CC=Cc3ccccc3)C4=O)c2c1. The highest BCUT2D eigenvalue weighted by Crippen LogP contribution is 2.38. The first kappa shape index (κ1) is 24.9. The van der Waals surface area contributed by atoms with Crippen molar-refractivity contribution in [3.63, 3.8) is 0 Å². The van der Waals surface area contributed by atoms with E-state index in [9.17, 15) is 9.59 Å². The number of fused-ring (bicyclic) bond motifs is 2. The van der Waals surface area contributed by atoms with Gasteiger partial charge in [0.05, 0.1) is 12.2 Å². The zero-order valence-electron chi connectivity index (χ0n) is 21.6. The number of benzene rings is 4. The van der Waals surface area contributed by atoms with E-state index >= 15 is 0 Å². The molecular formula is C34H24O6. The molecule has 0 unspecified atom stereocenters. The molecule has 0 saturated carbocycles. The fourth-order valence-corrected chi connectivity index (χ4v) is 4.54. The number of furan rings is 1. The molecule has 40 heavy (non-hydrogen) atoms. The second kappa shape index (κ2) is 10.8. The van der Waals surface area contributed by atoms with Crippen molar-refractivity contribution in [2.45, 2.75) is 6.92 Å². The maximum absolute atomic E-state index is 13.6. The number of allylic oxidation sites excluding steroid dienone is 3. The Labute approximate surface area is 230 Å². The average Bonchev–Trinajstić information content (AvgIpc) is 3.51. The van der Waals surface area contributed by atoms with Crippen LogP contribution >= 0.6 is 0 Å². The van der Waals surface area contributed by atoms with E-state index in [2.05, 4.69) is 0 Å². The highest BCUT2D eigenvalue weighted by Gasteiger charge is 2.29. The van der Waals surface area contributed by atoms with Gasteiger partial charge >= 0.3 is 5.97 Å². The summed E-state index contributed by atoms with van der Waals surface area (Å²) >= 11 is 0. The topological polar surface area (TPSA) is 75.0 Å². The van der Waals surface area contributed by atoms with E-state index in [4.69, 9.17) is 18.6 Å². The first-order valence-electron chi connectivity index (χ1n) is 12.9. The standard InChI is InChI=1S/C34H24O6/c1-2-37-24-17-19-28-27(20-24)31(33(40-28)23-13-7-4-8-14-23)34(36)38-25-16-18-26-30(21-25)39-29(32(26)35)15-9-12-22-10-5-3-6-11-22/h3-21H,2H2,1H3. The molecule has 0 bridgehead atoms. The summed E-state index contributed by atoms with van der Waals surface area (Å²) in [4.78, 5) is 26.4. The van der Waals surface area contributed by atoms with E-state index in [0.29, 0.717) is 40.4 Å². The summed E-state index contributed by atoms with van der Waals surface area (Å²) in [7, 11) is 0. The molecule has 6 heteroatoms. The molecule has 4 aromatic carbocycles. The van der Waals surface area contributed by atoms with Gasteiger partial charge in [-0.3, -0.25) is 4.79 Å². The molecule has 0 fully saturated rings. The molecule has 196 valence electrons. The van der Waals surface area contributed by atoms with Gasteiger partial charge < -0.3 is 18.6 Å². The van der Waals surface area contributed by atoms with Gasteiger partial charge in [0.25, 0.3) is 0 Å². The largest absolute Gasteiger partial charge is 0.494 e. The van der Waals surface area contributed by atoms with Crippen molar-refractivity contribution in [2.24, 2.45) is 0 Å². The van der Waals surface area contributed by atoms with Crippen LogP contribution < -0.4 is 14.2 Å². The number of carbonyl (C=O) groups excluding carboxylic acids is 2. The molecule has 0 radical (unpaired) electrons. The predicted octanol–water partition coefficient (Wildman–Crippen LogP) is 7.89. The van der Waals surface area contributed by atoms with Crippen LogP contribution in [0.3, 0.4) is 0 Å². The van der Waals surface area contributed by atoms with Crippen molar-refractivity contribution in [1.82, 2.24) is 0 Å². The second-order valence-electron chi connectivity index (χ2n) is 9.04. The number of ether oxygens (including phenoxy) is 3. The molecule has 6 nitrogen and oxygen atoms in total. The molecule has 0 N–H and O–H groups in total. The van der Waals surface area contributed by atoms with Crippen molar-refractivity contribution in [3.8, 4) is 28.6 Å². The van der Waals surface area contributed by atoms with Gasteiger partial charge in [-0.2, -0.15) is 0 Å². The van der Waals surface area contributed by atoms with Crippen LogP contribution in [-0.4, -0.2) is 18.4 Å². The Kier molecular flexibility index (Phi) is 6.73. The molecule has 6 rings (SSSR count). The van der Waals surface area contributed by atoms with Crippen LogP contribution in [0, 0.1) is 0 Å². The van der Waals surface area contributed by atoms with Gasteiger partial charge in [-0.05, 0) is 48.9 Å². The van der Waals surface area contributed by atoms with E-state index in [0.717, 1.165) is 11.1 Å². The highest BCUT2D eigenvalue weighted by atomic mass is 16.5. The van der Waals surface area contributed by atoms with E-state index in [1.165, 1.54) is 0 Å². The molecule has 2 heterocycles. The lowest BCUT2D eigenvalue weighted by Gasteiger charge is -2.07. The molecule has 1 aromatic heterocycles. The fraction of sp³-hybridized carbons (Fsp3) is 0.0588. The summed E-state index contributed by atoms with van der Waals surface area (Å²) in [5, 5.41) is 0.581. The maximum Gasteiger partial charge on any atom is 0.348 e. The third-order valence-corrected chi connectivity index (χ3v) is 6.40. The first-order chi connectivity index (χ1) is 19.6. The normalized spacial score (nSPS) is 13.5. The van der Waals surface area contributed by atoms with Crippen molar-refractivity contribution in [2.75, 3.05) is 6.61 Å². The fourth-order valence-electron chi connectivity index (χ4n) is 4.54. The number of ketones is 1. The Morgan fingerprint density at radius 3 is 2.40 bits per heavy atom. The molecule has 1 aliphatic rings. The predicted molar refractivity (Wildman–Crippen MR) is 153 cm³/mol. The van der Waals surface area contributed by atoms with Crippen LogP contribution in [0.1, 0.15) is 33.2 Å². The lowest BCUT2D eigenvalue weighted by atomic mass is 10.1. The number of hydrogen-bond donors (Lipinski definition) is 0. The zero-order valence-corrected chi connectivity index (χ0v) is 21.6. The third kappa shape index (κ3) is 4.90. The molecule has 1 aliphatic heterocycles. The molecule has 0 amide bonds. The lowest BCUT2D eigenvalue weighted by molar-refractivity contribution is 0.0736. The first-order valence-corrected chi connectivity index (χ1v) is 12.9. The van der Waals surface area contributed by atoms with Gasteiger partial charge in [-0.25, -0.2) is 4.79 Å². The van der Waals surface area contributed by atoms with Crippen LogP contribution in [-0.2, 0) is 0 Å². The van der Waals surface area contributed by atoms with Gasteiger partial charge in [0.2, 0.25) is 5.78 Å². The van der Waals surface area contributed by atoms with E-state index in [1.807, 2.05) is 73.7 Å². The molecule has 0 atom stereocenters. The van der Waals surface area contributed by atoms with E-state index in [-0.39, 0.29) is 22.9 Å². The number of carbonyl (C=O) groups is 2. The lowest BCUT2D eigenvalue weighted by Crippen LogP contribution is -2.09. The van der Waals surface area contributed by atoms with Crippen LogP contribution in [0.4, 0.5) is 0 Å². The minimum Gasteiger partial charge on any atom is -0.494 e. The highest BCUT2D eigenvalue weighted by molar-refractivity contribution is 6.13. The Balaban J connectivity index is 1.29. The minimum atomic E-state index is -0.600. The number of Topliss-reactive ketones (excluding diaryl/α,β-unsaturated/α-hetero) is 1. The Morgan fingerprint density at radius 2 is 1.62 bits per heavy atom. The summed E-state index contributed by atoms with van der Waals surface area (Å²) in [6.45, 7) is 2.38. The Hall–Kier alpha value is -5.36. The van der Waals surface area contributed by atoms with Crippen molar-refractivity contribution < 1.29 is 28.2 Å². The van der Waals surface area contributed by atoms with E-state index in [1.54, 1.807) is 48.6 Å². The van der Waals surface area contributed by atoms with Crippen molar-refractivity contribution in [1.29, 1.82) is 0 Å². The molecular weight excluding hydrogens is 504 g/mol. The molecule has 0 saturated heterocycles. The quantitative estimate of drug-likeness (QED) is 0.121. The number of rotatable bonds is 7. The van der Waals surface area contributed by atoms with E-state index < -0.39 is 5.97 Å². The zero-order chi connectivity index (χ0) is 27.5. The summed E-state index contributed by atoms with van der Waals surface area (Å²) in [5.41, 5.74) is 2.97. The Bertz CT molecular complexity index is 1780. The van der Waals surface area contributed by atoms with Gasteiger partial charge in [-0.15, -0.1) is 0 Å². The summed E-state index contributed by atoms with van der Waals surface area (Å²) in [6, 6.07) is 29.2. The number of hydrogen-bond acceptors (Lipinski definition) is 6. The number of esters is 1. The van der Waals surface area contributed by atoms with Crippen molar-refractivity contribution >= 4 is 28.8 Å². The van der Waals surface area contributed by atoms with Crippen LogP contribution in [0.25, 0.3) is 28.4 Å². The molecule has 0 spiro atoms. The summed E-state index contributed by atoms with van der Waals surface area (Å²) in [5.74, 6) is 0.951. The molecule has 5 aromatic rings. The molecule has 0 aliphatic carbocycles. The van der Waals surface area contributed by atoms with Gasteiger partial charge in [0, 0.05) is 17.0 Å². The summed E-state index contributed by atoms with van der Waals surface area (Å²) in [6.07, 6.45) is 5.28. The third-order valence-electron chi connectivity index (χ3n) is 6.40. The minimum absolute atomic E-state index is 0.196. The monoisotopic (exact) mass is 528 g/mol. The van der Waals surface area contributed by atoms with Crippen LogP contribution in [0.2, 0.25) is 0 Å². The van der Waals surface area contributed by atoms with Crippen molar-refractivity contribution in [3.05, 3.63) is 132 Å². The van der Waals surface area contributed by atoms with Gasteiger partial charge in [-0.1, -0.05) is 72.8 Å². The smallest absolute Gasteiger partial charge is 0.348 e.